The van der Waals surface area contributed by atoms with Crippen LogP contribution in [0.4, 0.5) is 17.1 Å². The van der Waals surface area contributed by atoms with Crippen LogP contribution in [-0.2, 0) is 10.2 Å². The number of carboxylic acid groups (broad SMARTS) is 1. The Morgan fingerprint density at radius 2 is 1.43 bits per heavy atom. The predicted molar refractivity (Wildman–Crippen MR) is 223 cm³/mol. The van der Waals surface area contributed by atoms with Gasteiger partial charge in [-0.3, -0.25) is 0 Å². The predicted octanol–water partition coefficient (Wildman–Crippen LogP) is 12.8. The number of hydrogen-bond acceptors (Lipinski definition) is 7. The molecule has 0 radical (unpaired) electrons. The van der Waals surface area contributed by atoms with Crippen LogP contribution < -0.4 is 4.90 Å². The van der Waals surface area contributed by atoms with E-state index in [1.165, 1.54) is 63.5 Å². The zero-order chi connectivity index (χ0) is 37.2. The molecule has 0 saturated carbocycles. The van der Waals surface area contributed by atoms with Crippen molar-refractivity contribution >= 4 is 63.2 Å². The molecule has 1 unspecified atom stereocenters. The summed E-state index contributed by atoms with van der Waals surface area (Å²) >= 11 is 3.06. The molecule has 8 rings (SSSR count). The number of carboxylic acids is 1. The summed E-state index contributed by atoms with van der Waals surface area (Å²) in [5, 5.41) is 18.4. The topological polar surface area (TPSA) is 90.1 Å². The van der Waals surface area contributed by atoms with Gasteiger partial charge in [-0.1, -0.05) is 118 Å². The summed E-state index contributed by atoms with van der Waals surface area (Å²) in [6.45, 7) is 4.71. The van der Waals surface area contributed by atoms with Gasteiger partial charge in [-0.05, 0) is 82.8 Å². The van der Waals surface area contributed by atoms with Crippen molar-refractivity contribution in [3.8, 4) is 38.1 Å². The molecule has 0 amide bonds. The van der Waals surface area contributed by atoms with E-state index in [-0.39, 0.29) is 11.0 Å². The van der Waals surface area contributed by atoms with E-state index < -0.39 is 5.97 Å². The molecule has 0 spiro atoms. The van der Waals surface area contributed by atoms with E-state index in [9.17, 15) is 15.2 Å². The highest BCUT2D eigenvalue weighted by Crippen LogP contribution is 2.57. The van der Waals surface area contributed by atoms with E-state index in [2.05, 4.69) is 116 Å². The Bertz CT molecular complexity index is 2510. The number of unbranched alkanes of at least 4 members (excludes halogenated alkanes) is 3. The zero-order valence-electron chi connectivity index (χ0n) is 30.1. The molecule has 1 aliphatic rings. The van der Waals surface area contributed by atoms with Gasteiger partial charge in [0.1, 0.15) is 22.7 Å². The molecule has 0 aliphatic heterocycles. The molecule has 1 atom stereocenters. The molecular formula is C46H38N4O2S2. The second kappa shape index (κ2) is 14.9. The van der Waals surface area contributed by atoms with Crippen LogP contribution in [0.15, 0.2) is 127 Å². The third-order valence-corrected chi connectivity index (χ3v) is 12.3. The van der Waals surface area contributed by atoms with E-state index in [4.69, 9.17) is 8.75 Å². The maximum atomic E-state index is 11.3. The Morgan fingerprint density at radius 3 is 2.07 bits per heavy atom. The molecule has 1 N–H and O–H groups in total. The van der Waals surface area contributed by atoms with Crippen LogP contribution in [0.2, 0.25) is 0 Å². The van der Waals surface area contributed by atoms with Crippen molar-refractivity contribution in [2.24, 2.45) is 0 Å². The first-order valence-corrected chi connectivity index (χ1v) is 19.8. The van der Waals surface area contributed by atoms with Gasteiger partial charge in [0.2, 0.25) is 0 Å². The number of nitriles is 1. The lowest BCUT2D eigenvalue weighted by Crippen LogP contribution is -2.21. The molecule has 5 aromatic carbocycles. The van der Waals surface area contributed by atoms with Gasteiger partial charge in [0.15, 0.2) is 0 Å². The second-order valence-corrected chi connectivity index (χ2v) is 15.5. The van der Waals surface area contributed by atoms with Gasteiger partial charge in [0.25, 0.3) is 0 Å². The molecule has 0 fully saturated rings. The first-order valence-electron chi connectivity index (χ1n) is 18.3. The largest absolute Gasteiger partial charge is 0.477 e. The van der Waals surface area contributed by atoms with Crippen LogP contribution in [0.25, 0.3) is 49.1 Å². The SMILES string of the molecule is CCCCCCC1(C)c2cc(N(c3ccccc3)c3ccccc3)ccc2-c2sc(-c3ccc(-c4ccc(/C=C(/C#N)C(=O)O)cc4)c4nsnc34)cc21. The lowest BCUT2D eigenvalue weighted by Gasteiger charge is -2.30. The number of carbonyl (C=O) groups is 1. The number of aromatic nitrogens is 2. The van der Waals surface area contributed by atoms with Crippen molar-refractivity contribution in [1.82, 2.24) is 8.75 Å². The van der Waals surface area contributed by atoms with Crippen LogP contribution in [0.5, 0.6) is 0 Å². The molecule has 2 aromatic heterocycles. The van der Waals surface area contributed by atoms with Gasteiger partial charge in [0.05, 0.1) is 11.7 Å². The number of anilines is 3. The van der Waals surface area contributed by atoms with Crippen molar-refractivity contribution in [3.05, 3.63) is 144 Å². The molecular weight excluding hydrogens is 705 g/mol. The van der Waals surface area contributed by atoms with Crippen molar-refractivity contribution in [1.29, 1.82) is 5.26 Å². The Hall–Kier alpha value is -5.88. The number of thiophene rings is 1. The van der Waals surface area contributed by atoms with Crippen molar-refractivity contribution in [2.75, 3.05) is 4.90 Å². The first-order chi connectivity index (χ1) is 26.4. The van der Waals surface area contributed by atoms with Crippen LogP contribution >= 0.6 is 23.1 Å². The van der Waals surface area contributed by atoms with Gasteiger partial charge in [-0.25, -0.2) is 4.79 Å². The van der Waals surface area contributed by atoms with Gasteiger partial charge < -0.3 is 10.0 Å². The molecule has 0 saturated heterocycles. The number of nitrogens with zero attached hydrogens (tertiary/aromatic N) is 4. The number of aliphatic carboxylic acids is 1. The minimum absolute atomic E-state index is 0.149. The van der Waals surface area contributed by atoms with Crippen molar-refractivity contribution in [2.45, 2.75) is 51.4 Å². The fourth-order valence-corrected chi connectivity index (χ4v) is 9.67. The number of benzene rings is 5. The molecule has 2 heterocycles. The second-order valence-electron chi connectivity index (χ2n) is 14.0. The normalized spacial score (nSPS) is 14.8. The molecule has 8 heteroatoms. The summed E-state index contributed by atoms with van der Waals surface area (Å²) < 4.78 is 9.56. The average molecular weight is 743 g/mol. The van der Waals surface area contributed by atoms with Crippen LogP contribution in [-0.4, -0.2) is 19.8 Å². The molecule has 7 aromatic rings. The molecule has 1 aliphatic carbocycles. The summed E-state index contributed by atoms with van der Waals surface area (Å²) in [6.07, 6.45) is 7.28. The highest BCUT2D eigenvalue weighted by Gasteiger charge is 2.41. The van der Waals surface area contributed by atoms with E-state index in [0.717, 1.165) is 57.6 Å². The minimum Gasteiger partial charge on any atom is -0.477 e. The Balaban J connectivity index is 1.19. The third-order valence-electron chi connectivity index (χ3n) is 10.6. The van der Waals surface area contributed by atoms with E-state index >= 15 is 0 Å². The van der Waals surface area contributed by atoms with Crippen LogP contribution in [0, 0.1) is 11.3 Å². The van der Waals surface area contributed by atoms with Crippen LogP contribution in [0.1, 0.15) is 62.6 Å². The summed E-state index contributed by atoms with van der Waals surface area (Å²) in [4.78, 5) is 16.2. The summed E-state index contributed by atoms with van der Waals surface area (Å²) in [5.41, 5.74) is 12.4. The average Bonchev–Trinajstić information content (AvgIpc) is 3.93. The minimum atomic E-state index is -1.24. The standard InChI is InChI=1S/C46H38N4O2S2/c1-3-4-5-12-25-46(2)39-27-35(50(33-13-8-6-9-14-33)34-15-10-7-11-16-34)21-22-37(39)44-40(46)28-41(53-44)38-24-23-36(42-43(38)49-54-48-42)31-19-17-30(18-20-31)26-32(29-47)45(51)52/h6-11,13-24,26-28H,3-5,12,25H2,1-2H3,(H,51,52)/b32-26-. The first kappa shape index (κ1) is 35.2. The van der Waals surface area contributed by atoms with Crippen molar-refractivity contribution in [3.63, 3.8) is 0 Å². The van der Waals surface area contributed by atoms with Crippen molar-refractivity contribution < 1.29 is 9.90 Å². The highest BCUT2D eigenvalue weighted by atomic mass is 32.1. The molecule has 0 bridgehead atoms. The van der Waals surface area contributed by atoms with E-state index in [0.29, 0.717) is 5.56 Å². The van der Waals surface area contributed by atoms with Gasteiger partial charge in [0, 0.05) is 43.4 Å². The Labute approximate surface area is 323 Å². The lowest BCUT2D eigenvalue weighted by atomic mass is 9.76. The summed E-state index contributed by atoms with van der Waals surface area (Å²) in [7, 11) is 0. The van der Waals surface area contributed by atoms with E-state index in [1.54, 1.807) is 6.07 Å². The Morgan fingerprint density at radius 1 is 0.778 bits per heavy atom. The number of fused-ring (bicyclic) bond motifs is 4. The summed E-state index contributed by atoms with van der Waals surface area (Å²) in [6, 6.07) is 44.2. The van der Waals surface area contributed by atoms with Gasteiger partial charge in [-0.2, -0.15) is 14.0 Å². The lowest BCUT2D eigenvalue weighted by molar-refractivity contribution is -0.132. The smallest absolute Gasteiger partial charge is 0.346 e. The molecule has 6 nitrogen and oxygen atoms in total. The number of hydrogen-bond donors (Lipinski definition) is 1. The fraction of sp³-hybridized carbons (Fsp3) is 0.174. The number of rotatable bonds is 12. The maximum absolute atomic E-state index is 11.3. The van der Waals surface area contributed by atoms with E-state index in [1.807, 2.05) is 35.6 Å². The monoisotopic (exact) mass is 742 g/mol. The summed E-state index contributed by atoms with van der Waals surface area (Å²) in [5.74, 6) is -1.24. The molecule has 54 heavy (non-hydrogen) atoms. The van der Waals surface area contributed by atoms with Gasteiger partial charge in [-0.15, -0.1) is 11.3 Å². The highest BCUT2D eigenvalue weighted by molar-refractivity contribution is 7.19. The fourth-order valence-electron chi connectivity index (χ4n) is 7.75. The maximum Gasteiger partial charge on any atom is 0.346 e. The zero-order valence-corrected chi connectivity index (χ0v) is 31.8. The molecule has 266 valence electrons. The van der Waals surface area contributed by atoms with Crippen LogP contribution in [0.3, 0.4) is 0 Å². The number of para-hydroxylation sites is 2. The Kier molecular flexibility index (Phi) is 9.68. The quantitative estimate of drug-likeness (QED) is 0.0761. The third kappa shape index (κ3) is 6.40. The van der Waals surface area contributed by atoms with Gasteiger partial charge >= 0.3 is 5.97 Å².